The fourth-order valence-electron chi connectivity index (χ4n) is 2.28. The van der Waals surface area contributed by atoms with Gasteiger partial charge in [-0.1, -0.05) is 17.7 Å². The van der Waals surface area contributed by atoms with Gasteiger partial charge in [-0.25, -0.2) is 0 Å². The summed E-state index contributed by atoms with van der Waals surface area (Å²) >= 11 is 9.69. The first-order valence-corrected chi connectivity index (χ1v) is 8.63. The number of benzene rings is 2. The maximum Gasteiger partial charge on any atom is 0.133 e. The molecule has 0 saturated carbocycles. The predicted octanol–water partition coefficient (Wildman–Crippen LogP) is 4.90. The molecule has 0 aliphatic rings. The number of ether oxygens (including phenoxy) is 2. The standard InChI is InChI=1S/C18H21BrClNO2/c1-12-8-15(9-13(2)18(12)20)22-6-7-23-17-5-4-14(11-21-3)10-16(17)19/h4-5,8-10,21H,6-7,11H2,1-3H3. The fraction of sp³-hybridized carbons (Fsp3) is 0.333. The van der Waals surface area contributed by atoms with Gasteiger partial charge >= 0.3 is 0 Å². The zero-order chi connectivity index (χ0) is 16.8. The molecule has 23 heavy (non-hydrogen) atoms. The van der Waals surface area contributed by atoms with Gasteiger partial charge in [0.2, 0.25) is 0 Å². The van der Waals surface area contributed by atoms with Gasteiger partial charge in [-0.3, -0.25) is 0 Å². The minimum absolute atomic E-state index is 0.477. The van der Waals surface area contributed by atoms with E-state index in [9.17, 15) is 0 Å². The number of halogens is 2. The summed E-state index contributed by atoms with van der Waals surface area (Å²) in [5, 5.41) is 3.91. The molecule has 2 rings (SSSR count). The summed E-state index contributed by atoms with van der Waals surface area (Å²) in [6, 6.07) is 9.95. The molecule has 2 aromatic rings. The molecule has 0 amide bonds. The normalized spacial score (nSPS) is 10.7. The monoisotopic (exact) mass is 397 g/mol. The van der Waals surface area contributed by atoms with Crippen molar-refractivity contribution in [2.24, 2.45) is 0 Å². The number of aryl methyl sites for hydroxylation is 2. The van der Waals surface area contributed by atoms with Gasteiger partial charge in [0.25, 0.3) is 0 Å². The van der Waals surface area contributed by atoms with Gasteiger partial charge in [0.1, 0.15) is 24.7 Å². The van der Waals surface area contributed by atoms with Crippen LogP contribution >= 0.6 is 27.5 Å². The van der Waals surface area contributed by atoms with Crippen LogP contribution in [0.4, 0.5) is 0 Å². The fourth-order valence-corrected chi connectivity index (χ4v) is 2.93. The lowest BCUT2D eigenvalue weighted by atomic mass is 10.1. The molecule has 0 saturated heterocycles. The van der Waals surface area contributed by atoms with Crippen LogP contribution in [-0.4, -0.2) is 20.3 Å². The van der Waals surface area contributed by atoms with Crippen molar-refractivity contribution in [2.75, 3.05) is 20.3 Å². The summed E-state index contributed by atoms with van der Waals surface area (Å²) in [5.41, 5.74) is 3.24. The number of hydrogen-bond acceptors (Lipinski definition) is 3. The molecule has 0 bridgehead atoms. The minimum atomic E-state index is 0.477. The van der Waals surface area contributed by atoms with E-state index < -0.39 is 0 Å². The second-order valence-electron chi connectivity index (χ2n) is 5.36. The Labute approximate surface area is 151 Å². The average molecular weight is 399 g/mol. The van der Waals surface area contributed by atoms with Crippen LogP contribution in [0.25, 0.3) is 0 Å². The lowest BCUT2D eigenvalue weighted by Gasteiger charge is -2.12. The molecule has 0 heterocycles. The van der Waals surface area contributed by atoms with E-state index in [1.807, 2.05) is 45.2 Å². The molecule has 0 radical (unpaired) electrons. The number of rotatable bonds is 7. The van der Waals surface area contributed by atoms with Crippen LogP contribution < -0.4 is 14.8 Å². The molecule has 5 heteroatoms. The Morgan fingerprint density at radius 2 is 1.70 bits per heavy atom. The lowest BCUT2D eigenvalue weighted by Crippen LogP contribution is -2.10. The quantitative estimate of drug-likeness (QED) is 0.673. The second kappa shape index (κ2) is 8.57. The molecule has 0 atom stereocenters. The van der Waals surface area contributed by atoms with E-state index in [4.69, 9.17) is 21.1 Å². The van der Waals surface area contributed by atoms with Gasteiger partial charge in [-0.05, 0) is 77.8 Å². The third-order valence-corrected chi connectivity index (χ3v) is 4.61. The van der Waals surface area contributed by atoms with Crippen molar-refractivity contribution in [1.29, 1.82) is 0 Å². The van der Waals surface area contributed by atoms with Crippen LogP contribution in [-0.2, 0) is 6.54 Å². The van der Waals surface area contributed by atoms with Crippen molar-refractivity contribution in [3.8, 4) is 11.5 Å². The third-order valence-electron chi connectivity index (χ3n) is 3.40. The summed E-state index contributed by atoms with van der Waals surface area (Å²) in [7, 11) is 1.93. The summed E-state index contributed by atoms with van der Waals surface area (Å²) < 4.78 is 12.4. The van der Waals surface area contributed by atoms with Crippen molar-refractivity contribution in [3.05, 3.63) is 56.5 Å². The van der Waals surface area contributed by atoms with Gasteiger partial charge < -0.3 is 14.8 Å². The maximum absolute atomic E-state index is 6.15. The topological polar surface area (TPSA) is 30.5 Å². The largest absolute Gasteiger partial charge is 0.490 e. The summed E-state index contributed by atoms with van der Waals surface area (Å²) in [6.07, 6.45) is 0. The first kappa shape index (κ1) is 18.1. The molecule has 0 aliphatic heterocycles. The van der Waals surface area contributed by atoms with E-state index in [0.717, 1.165) is 38.7 Å². The Bertz CT molecular complexity index is 653. The molecule has 0 aliphatic carbocycles. The van der Waals surface area contributed by atoms with Crippen LogP contribution in [0.1, 0.15) is 16.7 Å². The molecule has 3 nitrogen and oxygen atoms in total. The molecule has 124 valence electrons. The summed E-state index contributed by atoms with van der Waals surface area (Å²) in [6.45, 7) is 5.73. The molecule has 0 fully saturated rings. The number of hydrogen-bond donors (Lipinski definition) is 1. The maximum atomic E-state index is 6.15. The van der Waals surface area contributed by atoms with Crippen LogP contribution in [0, 0.1) is 13.8 Å². The summed E-state index contributed by atoms with van der Waals surface area (Å²) in [5.74, 6) is 1.63. The second-order valence-corrected chi connectivity index (χ2v) is 6.60. The highest BCUT2D eigenvalue weighted by atomic mass is 79.9. The Balaban J connectivity index is 1.86. The molecule has 0 unspecified atom stereocenters. The van der Waals surface area contributed by atoms with Crippen molar-refractivity contribution >= 4 is 27.5 Å². The summed E-state index contributed by atoms with van der Waals surface area (Å²) in [4.78, 5) is 0. The molecule has 2 aromatic carbocycles. The van der Waals surface area contributed by atoms with Gasteiger partial charge in [-0.2, -0.15) is 0 Å². The first-order chi connectivity index (χ1) is 11.0. The molecular weight excluding hydrogens is 378 g/mol. The molecule has 0 aromatic heterocycles. The van der Waals surface area contributed by atoms with Crippen LogP contribution in [0.15, 0.2) is 34.8 Å². The zero-order valence-corrected chi connectivity index (χ0v) is 15.9. The van der Waals surface area contributed by atoms with Gasteiger partial charge in [-0.15, -0.1) is 0 Å². The highest BCUT2D eigenvalue weighted by Crippen LogP contribution is 2.27. The first-order valence-electron chi connectivity index (χ1n) is 7.46. The highest BCUT2D eigenvalue weighted by molar-refractivity contribution is 9.10. The van der Waals surface area contributed by atoms with E-state index >= 15 is 0 Å². The van der Waals surface area contributed by atoms with Crippen LogP contribution in [0.5, 0.6) is 11.5 Å². The van der Waals surface area contributed by atoms with Gasteiger partial charge in [0, 0.05) is 11.6 Å². The van der Waals surface area contributed by atoms with Crippen molar-refractivity contribution < 1.29 is 9.47 Å². The van der Waals surface area contributed by atoms with E-state index in [1.54, 1.807) is 0 Å². The van der Waals surface area contributed by atoms with E-state index in [1.165, 1.54) is 5.56 Å². The average Bonchev–Trinajstić information content (AvgIpc) is 2.51. The Kier molecular flexibility index (Phi) is 6.75. The highest BCUT2D eigenvalue weighted by Gasteiger charge is 2.05. The van der Waals surface area contributed by atoms with Crippen molar-refractivity contribution in [3.63, 3.8) is 0 Å². The predicted molar refractivity (Wildman–Crippen MR) is 98.8 cm³/mol. The molecule has 1 N–H and O–H groups in total. The van der Waals surface area contributed by atoms with Crippen LogP contribution in [0.3, 0.4) is 0 Å². The SMILES string of the molecule is CNCc1ccc(OCCOc2cc(C)c(Cl)c(C)c2)c(Br)c1. The van der Waals surface area contributed by atoms with E-state index in [2.05, 4.69) is 27.3 Å². The Morgan fingerprint density at radius 1 is 1.04 bits per heavy atom. The minimum Gasteiger partial charge on any atom is -0.490 e. The Morgan fingerprint density at radius 3 is 2.30 bits per heavy atom. The van der Waals surface area contributed by atoms with E-state index in [0.29, 0.717) is 13.2 Å². The van der Waals surface area contributed by atoms with Gasteiger partial charge in [0.05, 0.1) is 4.47 Å². The molecule has 0 spiro atoms. The smallest absolute Gasteiger partial charge is 0.133 e. The molecular formula is C18H21BrClNO2. The van der Waals surface area contributed by atoms with Crippen molar-refractivity contribution in [1.82, 2.24) is 5.32 Å². The number of nitrogens with one attached hydrogen (secondary N) is 1. The van der Waals surface area contributed by atoms with Crippen molar-refractivity contribution in [2.45, 2.75) is 20.4 Å². The van der Waals surface area contributed by atoms with E-state index in [-0.39, 0.29) is 0 Å². The Hall–Kier alpha value is -1.23. The lowest BCUT2D eigenvalue weighted by molar-refractivity contribution is 0.216. The third kappa shape index (κ3) is 5.13. The zero-order valence-electron chi connectivity index (χ0n) is 13.6. The van der Waals surface area contributed by atoms with Gasteiger partial charge in [0.15, 0.2) is 0 Å². The van der Waals surface area contributed by atoms with Crippen LogP contribution in [0.2, 0.25) is 5.02 Å².